The molecule has 1 aliphatic heterocycles. The number of hydrogen-bond donors (Lipinski definition) is 0. The van der Waals surface area contributed by atoms with Crippen LogP contribution in [0.5, 0.6) is 0 Å². The fourth-order valence-corrected chi connectivity index (χ4v) is 4.78. The monoisotopic (exact) mass is 340 g/mol. The predicted octanol–water partition coefficient (Wildman–Crippen LogP) is 3.39. The lowest BCUT2D eigenvalue weighted by Gasteiger charge is -2.35. The summed E-state index contributed by atoms with van der Waals surface area (Å²) in [6, 6.07) is 8.84. The molecule has 0 N–H and O–H groups in total. The fraction of sp³-hybridized carbons (Fsp3) is 0.400. The molecular weight excluding hydrogens is 324 g/mol. The normalized spacial score (nSPS) is 20.1. The first-order valence-electron chi connectivity index (χ1n) is 7.20. The highest BCUT2D eigenvalue weighted by molar-refractivity contribution is 7.88. The zero-order valence-electron chi connectivity index (χ0n) is 12.0. The Bertz CT molecular complexity index is 731. The van der Waals surface area contributed by atoms with E-state index in [9.17, 15) is 8.42 Å². The van der Waals surface area contributed by atoms with Crippen molar-refractivity contribution in [3.05, 3.63) is 52.9 Å². The van der Waals surface area contributed by atoms with Gasteiger partial charge in [0, 0.05) is 23.7 Å². The molecule has 1 aliphatic rings. The Balaban J connectivity index is 1.89. The second-order valence-corrected chi connectivity index (χ2v) is 7.78. The van der Waals surface area contributed by atoms with Crippen molar-refractivity contribution < 1.29 is 12.9 Å². The fourth-order valence-electron chi connectivity index (χ4n) is 2.87. The van der Waals surface area contributed by atoms with Gasteiger partial charge in [0.25, 0.3) is 0 Å². The number of piperidine rings is 1. The molecule has 0 amide bonds. The summed E-state index contributed by atoms with van der Waals surface area (Å²) in [6.45, 7) is 0.525. The third-order valence-corrected chi connectivity index (χ3v) is 5.91. The van der Waals surface area contributed by atoms with Gasteiger partial charge in [0.2, 0.25) is 10.0 Å². The maximum atomic E-state index is 12.7. The molecule has 22 heavy (non-hydrogen) atoms. The summed E-state index contributed by atoms with van der Waals surface area (Å²) < 4.78 is 31.8. The lowest BCUT2D eigenvalue weighted by atomic mass is 9.98. The van der Waals surface area contributed by atoms with Gasteiger partial charge in [0.15, 0.2) is 0 Å². The number of halogens is 1. The summed E-state index contributed by atoms with van der Waals surface area (Å²) in [5.41, 5.74) is 1.37. The van der Waals surface area contributed by atoms with Crippen molar-refractivity contribution in [1.82, 2.24) is 9.46 Å². The molecule has 0 bridgehead atoms. The van der Waals surface area contributed by atoms with Crippen LogP contribution in [0, 0.1) is 0 Å². The summed E-state index contributed by atoms with van der Waals surface area (Å²) >= 11 is 6.05. The zero-order chi connectivity index (χ0) is 15.6. The Morgan fingerprint density at radius 1 is 1.32 bits per heavy atom. The minimum Gasteiger partial charge on any atom is -0.364 e. The van der Waals surface area contributed by atoms with Crippen molar-refractivity contribution in [2.45, 2.75) is 31.1 Å². The number of nitrogens with zero attached hydrogens (tertiary/aromatic N) is 2. The molecule has 2 heterocycles. The largest absolute Gasteiger partial charge is 0.364 e. The van der Waals surface area contributed by atoms with E-state index in [1.165, 1.54) is 6.26 Å². The molecule has 1 aromatic heterocycles. The Labute approximate surface area is 134 Å². The summed E-state index contributed by atoms with van der Waals surface area (Å²) in [6.07, 6.45) is 4.07. The zero-order valence-corrected chi connectivity index (χ0v) is 13.6. The maximum Gasteiger partial charge on any atom is 0.220 e. The van der Waals surface area contributed by atoms with E-state index >= 15 is 0 Å². The molecule has 0 saturated carbocycles. The number of hydrogen-bond acceptors (Lipinski definition) is 4. The van der Waals surface area contributed by atoms with Gasteiger partial charge in [-0.1, -0.05) is 35.3 Å². The molecule has 0 aliphatic carbocycles. The van der Waals surface area contributed by atoms with Crippen molar-refractivity contribution in [2.24, 2.45) is 0 Å². The van der Waals surface area contributed by atoms with Gasteiger partial charge in [0.1, 0.15) is 12.0 Å². The molecule has 0 spiro atoms. The van der Waals surface area contributed by atoms with Gasteiger partial charge in [0.05, 0.1) is 5.69 Å². The predicted molar refractivity (Wildman–Crippen MR) is 83.9 cm³/mol. The van der Waals surface area contributed by atoms with Crippen LogP contribution in [0.3, 0.4) is 0 Å². The van der Waals surface area contributed by atoms with Crippen molar-refractivity contribution >= 4 is 21.6 Å². The van der Waals surface area contributed by atoms with E-state index < -0.39 is 10.0 Å². The van der Waals surface area contributed by atoms with E-state index in [1.54, 1.807) is 16.4 Å². The third kappa shape index (κ3) is 3.34. The molecule has 0 unspecified atom stereocenters. The van der Waals surface area contributed by atoms with E-state index in [2.05, 4.69) is 5.16 Å². The SMILES string of the molecule is O=S(=O)(Cc1ccon1)N1CCCC[C@H]1c1cccc(Cl)c1. The molecule has 0 radical (unpaired) electrons. The van der Waals surface area contributed by atoms with Crippen LogP contribution in [0.4, 0.5) is 0 Å². The second-order valence-electron chi connectivity index (χ2n) is 5.42. The van der Waals surface area contributed by atoms with Crippen LogP contribution in [0.2, 0.25) is 5.02 Å². The van der Waals surface area contributed by atoms with Crippen LogP contribution < -0.4 is 0 Å². The highest BCUT2D eigenvalue weighted by Gasteiger charge is 2.33. The number of sulfonamides is 1. The van der Waals surface area contributed by atoms with Crippen molar-refractivity contribution in [3.63, 3.8) is 0 Å². The third-order valence-electron chi connectivity index (χ3n) is 3.87. The lowest BCUT2D eigenvalue weighted by Crippen LogP contribution is -2.39. The summed E-state index contributed by atoms with van der Waals surface area (Å²) in [5, 5.41) is 4.33. The van der Waals surface area contributed by atoms with Gasteiger partial charge in [-0.25, -0.2) is 8.42 Å². The summed E-state index contributed by atoms with van der Waals surface area (Å²) in [5.74, 6) is -0.138. The van der Waals surface area contributed by atoms with Crippen LogP contribution >= 0.6 is 11.6 Å². The number of rotatable bonds is 4. The molecule has 1 aromatic carbocycles. The van der Waals surface area contributed by atoms with Gasteiger partial charge >= 0.3 is 0 Å². The molecule has 1 fully saturated rings. The maximum absolute atomic E-state index is 12.7. The minimum absolute atomic E-state index is 0.138. The van der Waals surface area contributed by atoms with Crippen LogP contribution in [0.25, 0.3) is 0 Å². The average Bonchev–Trinajstić information content (AvgIpc) is 2.99. The Morgan fingerprint density at radius 3 is 2.91 bits per heavy atom. The van der Waals surface area contributed by atoms with E-state index in [0.29, 0.717) is 17.3 Å². The van der Waals surface area contributed by atoms with Crippen LogP contribution in [-0.2, 0) is 15.8 Å². The van der Waals surface area contributed by atoms with Crippen LogP contribution in [0.1, 0.15) is 36.6 Å². The van der Waals surface area contributed by atoms with Crippen LogP contribution in [-0.4, -0.2) is 24.4 Å². The highest BCUT2D eigenvalue weighted by Crippen LogP contribution is 2.34. The quantitative estimate of drug-likeness (QED) is 0.855. The first kappa shape index (κ1) is 15.5. The molecule has 2 aromatic rings. The van der Waals surface area contributed by atoms with Gasteiger partial charge in [-0.05, 0) is 30.5 Å². The molecule has 3 rings (SSSR count). The van der Waals surface area contributed by atoms with Gasteiger partial charge < -0.3 is 4.52 Å². The first-order valence-corrected chi connectivity index (χ1v) is 9.19. The molecule has 7 heteroatoms. The molecular formula is C15H17ClN2O3S. The first-order chi connectivity index (χ1) is 10.6. The van der Waals surface area contributed by atoms with E-state index in [0.717, 1.165) is 24.8 Å². The van der Waals surface area contributed by atoms with Crippen LogP contribution in [0.15, 0.2) is 41.1 Å². The minimum atomic E-state index is -3.45. The number of aromatic nitrogens is 1. The lowest BCUT2D eigenvalue weighted by molar-refractivity contribution is 0.255. The molecule has 1 atom stereocenters. The molecule has 1 saturated heterocycles. The number of benzene rings is 1. The van der Waals surface area contributed by atoms with E-state index in [-0.39, 0.29) is 11.8 Å². The Hall–Kier alpha value is -1.37. The topological polar surface area (TPSA) is 63.4 Å². The van der Waals surface area contributed by atoms with E-state index in [4.69, 9.17) is 16.1 Å². The summed E-state index contributed by atoms with van der Waals surface area (Å²) in [7, 11) is -3.45. The average molecular weight is 341 g/mol. The van der Waals surface area contributed by atoms with Gasteiger partial charge in [-0.3, -0.25) is 0 Å². The second kappa shape index (κ2) is 6.40. The molecule has 118 valence electrons. The van der Waals surface area contributed by atoms with Gasteiger partial charge in [-0.15, -0.1) is 0 Å². The van der Waals surface area contributed by atoms with Gasteiger partial charge in [-0.2, -0.15) is 4.31 Å². The van der Waals surface area contributed by atoms with Crippen molar-refractivity contribution in [3.8, 4) is 0 Å². The standard InChI is InChI=1S/C15H17ClN2O3S/c16-13-5-3-4-12(10-13)15-6-1-2-8-18(15)22(19,20)11-14-7-9-21-17-14/h3-5,7,9-10,15H,1-2,6,8,11H2/t15-/m0/s1. The Morgan fingerprint density at radius 2 is 2.18 bits per heavy atom. The summed E-state index contributed by atoms with van der Waals surface area (Å²) in [4.78, 5) is 0. The van der Waals surface area contributed by atoms with Crippen molar-refractivity contribution in [1.29, 1.82) is 0 Å². The molecule has 5 nitrogen and oxygen atoms in total. The van der Waals surface area contributed by atoms with Crippen molar-refractivity contribution in [2.75, 3.05) is 6.54 Å². The smallest absolute Gasteiger partial charge is 0.220 e. The Kier molecular flexibility index (Phi) is 4.52. The highest BCUT2D eigenvalue weighted by atomic mass is 35.5. The van der Waals surface area contributed by atoms with E-state index in [1.807, 2.05) is 18.2 Å².